The van der Waals surface area contributed by atoms with Crippen LogP contribution in [0.2, 0.25) is 0 Å². The van der Waals surface area contributed by atoms with E-state index in [0.717, 1.165) is 19.3 Å². The highest BCUT2D eigenvalue weighted by Gasteiger charge is 2.49. The third kappa shape index (κ3) is 2.76. The molecule has 9 heteroatoms. The Morgan fingerprint density at radius 2 is 2.04 bits per heavy atom. The van der Waals surface area contributed by atoms with Crippen LogP contribution in [-0.4, -0.2) is 65.9 Å². The molecule has 4 aliphatic rings. The summed E-state index contributed by atoms with van der Waals surface area (Å²) in [4.78, 5) is 27.7. The van der Waals surface area contributed by atoms with Crippen LogP contribution in [-0.2, 0) is 19.6 Å². The number of carbonyl (C=O) groups excluding carboxylic acids is 1. The van der Waals surface area contributed by atoms with Crippen LogP contribution in [0.5, 0.6) is 0 Å². The van der Waals surface area contributed by atoms with E-state index in [-0.39, 0.29) is 35.9 Å². The predicted octanol–water partition coefficient (Wildman–Crippen LogP) is 0.196. The van der Waals surface area contributed by atoms with Crippen molar-refractivity contribution in [1.29, 1.82) is 0 Å². The molecule has 0 aromatic carbocycles. The average molecular weight is 365 g/mol. The summed E-state index contributed by atoms with van der Waals surface area (Å²) in [6.07, 6.45) is 7.42. The van der Waals surface area contributed by atoms with Crippen LogP contribution in [0.3, 0.4) is 0 Å². The van der Waals surface area contributed by atoms with E-state index in [0.29, 0.717) is 12.1 Å². The van der Waals surface area contributed by atoms with Crippen LogP contribution in [0.1, 0.15) is 19.3 Å². The van der Waals surface area contributed by atoms with E-state index in [9.17, 15) is 23.1 Å². The maximum absolute atomic E-state index is 12.9. The first kappa shape index (κ1) is 16.3. The van der Waals surface area contributed by atoms with E-state index in [4.69, 9.17) is 0 Å². The fraction of sp³-hybridized carbons (Fsp3) is 0.562. The monoisotopic (exact) mass is 365 g/mol. The zero-order valence-electron chi connectivity index (χ0n) is 13.5. The van der Waals surface area contributed by atoms with Crippen molar-refractivity contribution in [3.63, 3.8) is 0 Å². The van der Waals surface area contributed by atoms with Gasteiger partial charge in [-0.25, -0.2) is 13.2 Å². The van der Waals surface area contributed by atoms with Crippen molar-refractivity contribution in [2.45, 2.75) is 25.3 Å². The van der Waals surface area contributed by atoms with E-state index >= 15 is 0 Å². The van der Waals surface area contributed by atoms with Gasteiger partial charge >= 0.3 is 5.97 Å². The van der Waals surface area contributed by atoms with Gasteiger partial charge in [0, 0.05) is 19.3 Å². The van der Waals surface area contributed by atoms with Crippen molar-refractivity contribution >= 4 is 27.7 Å². The molecule has 0 bridgehead atoms. The number of carbonyl (C=O) groups is 2. The number of likely N-dealkylation sites (tertiary alicyclic amines) is 1. The molecule has 0 radical (unpaired) electrons. The van der Waals surface area contributed by atoms with Crippen molar-refractivity contribution in [1.82, 2.24) is 9.80 Å². The van der Waals surface area contributed by atoms with Gasteiger partial charge in [-0.15, -0.1) is 4.40 Å². The lowest BCUT2D eigenvalue weighted by atomic mass is 9.94. The molecule has 134 valence electrons. The standard InChI is InChI=1S/C16H19N3O5S/c20-15(19-9-10-2-1-3-12(10)14(19)16(21)22)11-4-5-13-17-25(23,24)7-6-18(13)8-11/h4-5,8,10,12,14H,1-3,6-7,9H2,(H,21,22). The Hall–Kier alpha value is -2.16. The van der Waals surface area contributed by atoms with Crippen LogP contribution in [0.4, 0.5) is 0 Å². The number of amidine groups is 1. The summed E-state index contributed by atoms with van der Waals surface area (Å²) < 4.78 is 26.8. The van der Waals surface area contributed by atoms with Crippen molar-refractivity contribution in [2.75, 3.05) is 18.8 Å². The van der Waals surface area contributed by atoms with Gasteiger partial charge in [0.25, 0.3) is 15.9 Å². The molecule has 0 spiro atoms. The maximum Gasteiger partial charge on any atom is 0.326 e. The van der Waals surface area contributed by atoms with Gasteiger partial charge in [-0.3, -0.25) is 4.79 Å². The predicted molar refractivity (Wildman–Crippen MR) is 89.1 cm³/mol. The van der Waals surface area contributed by atoms with Crippen LogP contribution < -0.4 is 0 Å². The first-order valence-corrected chi connectivity index (χ1v) is 9.99. The van der Waals surface area contributed by atoms with Crippen molar-refractivity contribution in [2.24, 2.45) is 16.2 Å². The summed E-state index contributed by atoms with van der Waals surface area (Å²) in [6, 6.07) is -0.772. The highest BCUT2D eigenvalue weighted by atomic mass is 32.2. The van der Waals surface area contributed by atoms with Crippen molar-refractivity contribution in [3.8, 4) is 0 Å². The second kappa shape index (κ2) is 5.69. The smallest absolute Gasteiger partial charge is 0.326 e. The van der Waals surface area contributed by atoms with Gasteiger partial charge in [-0.2, -0.15) is 0 Å². The summed E-state index contributed by atoms with van der Waals surface area (Å²) in [5.41, 5.74) is 0.365. The van der Waals surface area contributed by atoms with E-state index < -0.39 is 22.0 Å². The first-order valence-electron chi connectivity index (χ1n) is 8.39. The molecule has 8 nitrogen and oxygen atoms in total. The Labute approximate surface area is 145 Å². The molecular formula is C16H19N3O5S. The number of carboxylic acids is 1. The maximum atomic E-state index is 12.9. The third-order valence-corrected chi connectivity index (χ3v) is 6.64. The molecule has 3 heterocycles. The summed E-state index contributed by atoms with van der Waals surface area (Å²) in [6.45, 7) is 0.705. The molecule has 3 unspecified atom stereocenters. The molecule has 0 aromatic heterocycles. The summed E-state index contributed by atoms with van der Waals surface area (Å²) in [7, 11) is -3.44. The van der Waals surface area contributed by atoms with Gasteiger partial charge in [0.15, 0.2) is 0 Å². The van der Waals surface area contributed by atoms with Gasteiger partial charge in [0.1, 0.15) is 11.9 Å². The number of fused-ring (bicyclic) bond motifs is 2. The Bertz CT molecular complexity index is 829. The first-order chi connectivity index (χ1) is 11.9. The highest BCUT2D eigenvalue weighted by molar-refractivity contribution is 7.90. The molecule has 2 fully saturated rings. The molecule has 1 saturated carbocycles. The Balaban J connectivity index is 1.59. The number of hydrogen-bond donors (Lipinski definition) is 1. The molecule has 1 N–H and O–H groups in total. The van der Waals surface area contributed by atoms with Crippen LogP contribution >= 0.6 is 0 Å². The zero-order chi connectivity index (χ0) is 17.8. The second-order valence-electron chi connectivity index (χ2n) is 6.94. The molecule has 25 heavy (non-hydrogen) atoms. The second-order valence-corrected chi connectivity index (χ2v) is 8.70. The fourth-order valence-electron chi connectivity index (χ4n) is 4.32. The van der Waals surface area contributed by atoms with E-state index in [2.05, 4.69) is 4.40 Å². The van der Waals surface area contributed by atoms with Gasteiger partial charge in [0.2, 0.25) is 0 Å². The topological polar surface area (TPSA) is 107 Å². The molecule has 4 rings (SSSR count). The Morgan fingerprint density at radius 3 is 2.80 bits per heavy atom. The lowest BCUT2D eigenvalue weighted by Gasteiger charge is -2.29. The van der Waals surface area contributed by atoms with Gasteiger partial charge in [-0.05, 0) is 36.8 Å². The lowest BCUT2D eigenvalue weighted by molar-refractivity contribution is -0.148. The molecule has 3 atom stereocenters. The minimum atomic E-state index is -3.44. The number of sulfonamides is 1. The lowest BCUT2D eigenvalue weighted by Crippen LogP contribution is -2.45. The minimum Gasteiger partial charge on any atom is -0.480 e. The normalized spacial score (nSPS) is 32.7. The summed E-state index contributed by atoms with van der Waals surface area (Å²) in [5.74, 6) is -0.785. The molecule has 1 saturated heterocycles. The quantitative estimate of drug-likeness (QED) is 0.749. The van der Waals surface area contributed by atoms with Crippen LogP contribution in [0.25, 0.3) is 0 Å². The highest BCUT2D eigenvalue weighted by Crippen LogP contribution is 2.42. The molecule has 0 aromatic rings. The number of nitrogens with zero attached hydrogens (tertiary/aromatic N) is 3. The number of aliphatic carboxylic acids is 1. The molecule has 3 aliphatic heterocycles. The van der Waals surface area contributed by atoms with E-state index in [1.54, 1.807) is 11.1 Å². The summed E-state index contributed by atoms with van der Waals surface area (Å²) in [5, 5.41) is 9.60. The minimum absolute atomic E-state index is 0.0341. The Kier molecular flexibility index (Phi) is 3.71. The van der Waals surface area contributed by atoms with Crippen molar-refractivity contribution < 1.29 is 23.1 Å². The zero-order valence-corrected chi connectivity index (χ0v) is 14.4. The van der Waals surface area contributed by atoms with Gasteiger partial charge < -0.3 is 14.9 Å². The van der Waals surface area contributed by atoms with Gasteiger partial charge in [0.05, 0.1) is 11.3 Å². The Morgan fingerprint density at radius 1 is 1.24 bits per heavy atom. The number of carboxylic acid groups (broad SMARTS) is 1. The van der Waals surface area contributed by atoms with Crippen LogP contribution in [0, 0.1) is 11.8 Å². The largest absolute Gasteiger partial charge is 0.480 e. The SMILES string of the molecule is O=C(O)C1C2CCCC2CN1C(=O)C1=CN2CCS(=O)(=O)N=C2C=C1. The third-order valence-electron chi connectivity index (χ3n) is 5.48. The number of hydrogen-bond acceptors (Lipinski definition) is 5. The van der Waals surface area contributed by atoms with Crippen molar-refractivity contribution in [3.05, 3.63) is 23.9 Å². The average Bonchev–Trinajstić information content (AvgIpc) is 3.13. The molecule has 1 aliphatic carbocycles. The van der Waals surface area contributed by atoms with E-state index in [1.165, 1.54) is 17.1 Å². The number of amides is 1. The molecule has 1 amide bonds. The van der Waals surface area contributed by atoms with Crippen LogP contribution in [0.15, 0.2) is 28.3 Å². The van der Waals surface area contributed by atoms with Gasteiger partial charge in [-0.1, -0.05) is 6.42 Å². The number of rotatable bonds is 2. The molecular weight excluding hydrogens is 346 g/mol. The summed E-state index contributed by atoms with van der Waals surface area (Å²) >= 11 is 0. The fourth-order valence-corrected chi connectivity index (χ4v) is 5.29. The van der Waals surface area contributed by atoms with E-state index in [1.807, 2.05) is 0 Å².